The Bertz CT molecular complexity index is 479. The second-order valence-corrected chi connectivity index (χ2v) is 5.32. The van der Waals surface area contributed by atoms with Crippen LogP contribution in [0.25, 0.3) is 0 Å². The summed E-state index contributed by atoms with van der Waals surface area (Å²) in [5.74, 6) is -1.38. The number of carbonyl (C=O) groups excluding carboxylic acids is 1. The molecule has 1 rings (SSSR count). The summed E-state index contributed by atoms with van der Waals surface area (Å²) in [6.07, 6.45) is 2.52. The van der Waals surface area contributed by atoms with Crippen LogP contribution in [0.3, 0.4) is 0 Å². The van der Waals surface area contributed by atoms with Gasteiger partial charge in [-0.1, -0.05) is 18.2 Å². The first-order valence-corrected chi connectivity index (χ1v) is 6.95. The van der Waals surface area contributed by atoms with Crippen molar-refractivity contribution in [1.82, 2.24) is 5.32 Å². The number of allylic oxidation sites excluding steroid dienone is 1. The summed E-state index contributed by atoms with van der Waals surface area (Å²) < 4.78 is 0.808. The molecule has 0 radical (unpaired) electrons. The van der Waals surface area contributed by atoms with Gasteiger partial charge in [0.25, 0.3) is 5.91 Å². The van der Waals surface area contributed by atoms with Gasteiger partial charge in [-0.2, -0.15) is 0 Å². The van der Waals surface area contributed by atoms with Gasteiger partial charge in [0, 0.05) is 3.57 Å². The molecule has 0 heterocycles. The molecule has 19 heavy (non-hydrogen) atoms. The number of hydrogen-bond donors (Lipinski definition) is 2. The van der Waals surface area contributed by atoms with Gasteiger partial charge in [0.2, 0.25) is 0 Å². The molecule has 5 heteroatoms. The van der Waals surface area contributed by atoms with Gasteiger partial charge in [0.05, 0.1) is 5.56 Å². The number of amides is 1. The molecule has 0 fully saturated rings. The number of aliphatic carboxylic acids is 1. The maximum absolute atomic E-state index is 12.2. The number of nitrogens with one attached hydrogen (secondary N) is 1. The van der Waals surface area contributed by atoms with Gasteiger partial charge in [-0.25, -0.2) is 4.79 Å². The van der Waals surface area contributed by atoms with E-state index in [0.717, 1.165) is 9.13 Å². The van der Waals surface area contributed by atoms with E-state index in [0.29, 0.717) is 18.4 Å². The van der Waals surface area contributed by atoms with Crippen LogP contribution in [0.1, 0.15) is 28.8 Å². The number of aryl methyl sites for hydroxylation is 1. The molecule has 1 atom stereocenters. The zero-order valence-electron chi connectivity index (χ0n) is 10.6. The van der Waals surface area contributed by atoms with Crippen LogP contribution < -0.4 is 5.32 Å². The van der Waals surface area contributed by atoms with Crippen molar-refractivity contribution < 1.29 is 14.7 Å². The van der Waals surface area contributed by atoms with E-state index in [-0.39, 0.29) is 5.91 Å². The lowest BCUT2D eigenvalue weighted by Crippen LogP contribution is -2.41. The summed E-state index contributed by atoms with van der Waals surface area (Å²) in [6.45, 7) is 5.38. The van der Waals surface area contributed by atoms with Crippen LogP contribution in [0.4, 0.5) is 0 Å². The zero-order chi connectivity index (χ0) is 14.4. The van der Waals surface area contributed by atoms with Crippen molar-refractivity contribution in [2.75, 3.05) is 0 Å². The first kappa shape index (κ1) is 15.7. The van der Waals surface area contributed by atoms with Crippen LogP contribution in [-0.2, 0) is 4.79 Å². The first-order valence-electron chi connectivity index (χ1n) is 5.87. The molecule has 1 aromatic rings. The predicted octanol–water partition coefficient (Wildman–Crippen LogP) is 2.75. The Hall–Kier alpha value is -1.37. The number of benzene rings is 1. The Labute approximate surface area is 126 Å². The highest BCUT2D eigenvalue weighted by Crippen LogP contribution is 2.16. The lowest BCUT2D eigenvalue weighted by Gasteiger charge is -2.15. The van der Waals surface area contributed by atoms with Crippen molar-refractivity contribution in [3.05, 3.63) is 45.6 Å². The summed E-state index contributed by atoms with van der Waals surface area (Å²) in [5, 5.41) is 11.6. The summed E-state index contributed by atoms with van der Waals surface area (Å²) in [6, 6.07) is 4.62. The molecule has 0 bridgehead atoms. The molecule has 1 unspecified atom stereocenters. The third-order valence-electron chi connectivity index (χ3n) is 2.71. The van der Waals surface area contributed by atoms with Crippen molar-refractivity contribution in [1.29, 1.82) is 0 Å². The monoisotopic (exact) mass is 373 g/mol. The highest BCUT2D eigenvalue weighted by Gasteiger charge is 2.21. The van der Waals surface area contributed by atoms with Gasteiger partial charge in [-0.15, -0.1) is 6.58 Å². The maximum atomic E-state index is 12.2. The van der Waals surface area contributed by atoms with Gasteiger partial charge >= 0.3 is 5.97 Å². The van der Waals surface area contributed by atoms with Crippen molar-refractivity contribution in [2.24, 2.45) is 0 Å². The van der Waals surface area contributed by atoms with E-state index in [2.05, 4.69) is 34.5 Å². The molecule has 2 N–H and O–H groups in total. The standard InChI is InChI=1S/C14H16INO3/c1-3-4-8-11(14(18)19)16-13(17)12-9(2)6-5-7-10(12)15/h3,5-7,11H,1,4,8H2,2H3,(H,16,17)(H,18,19). The molecule has 1 amide bonds. The van der Waals surface area contributed by atoms with Crippen molar-refractivity contribution in [3.63, 3.8) is 0 Å². The Balaban J connectivity index is 2.88. The van der Waals surface area contributed by atoms with Crippen LogP contribution >= 0.6 is 22.6 Å². The van der Waals surface area contributed by atoms with Gasteiger partial charge in [-0.3, -0.25) is 4.79 Å². The van der Waals surface area contributed by atoms with E-state index in [9.17, 15) is 9.59 Å². The molecule has 0 saturated heterocycles. The fourth-order valence-corrected chi connectivity index (χ4v) is 2.57. The number of carbonyl (C=O) groups is 2. The molecule has 0 aliphatic heterocycles. The Morgan fingerprint density at radius 1 is 1.53 bits per heavy atom. The summed E-state index contributed by atoms with van der Waals surface area (Å²) in [4.78, 5) is 23.3. The van der Waals surface area contributed by atoms with E-state index in [1.165, 1.54) is 0 Å². The smallest absolute Gasteiger partial charge is 0.326 e. The normalized spacial score (nSPS) is 11.7. The fourth-order valence-electron chi connectivity index (χ4n) is 1.69. The van der Waals surface area contributed by atoms with E-state index in [1.54, 1.807) is 6.08 Å². The Kier molecular flexibility index (Phi) is 6.01. The summed E-state index contributed by atoms with van der Waals surface area (Å²) >= 11 is 2.07. The Morgan fingerprint density at radius 2 is 2.21 bits per heavy atom. The van der Waals surface area contributed by atoms with E-state index < -0.39 is 12.0 Å². The number of carboxylic acids is 1. The fraction of sp³-hybridized carbons (Fsp3) is 0.286. The molecule has 0 saturated carbocycles. The minimum Gasteiger partial charge on any atom is -0.480 e. The molecule has 0 aromatic heterocycles. The van der Waals surface area contributed by atoms with Crippen LogP contribution in [-0.4, -0.2) is 23.0 Å². The van der Waals surface area contributed by atoms with Crippen molar-refractivity contribution in [3.8, 4) is 0 Å². The third-order valence-corrected chi connectivity index (χ3v) is 3.61. The van der Waals surface area contributed by atoms with Gasteiger partial charge in [-0.05, 0) is 54.0 Å². The highest BCUT2D eigenvalue weighted by molar-refractivity contribution is 14.1. The molecular formula is C14H16INO3. The molecule has 1 aromatic carbocycles. The van der Waals surface area contributed by atoms with Gasteiger partial charge in [0.1, 0.15) is 6.04 Å². The maximum Gasteiger partial charge on any atom is 0.326 e. The molecule has 0 spiro atoms. The van der Waals surface area contributed by atoms with Crippen LogP contribution in [0.2, 0.25) is 0 Å². The van der Waals surface area contributed by atoms with Crippen LogP contribution in [0.5, 0.6) is 0 Å². The highest BCUT2D eigenvalue weighted by atomic mass is 127. The third kappa shape index (κ3) is 4.34. The van der Waals surface area contributed by atoms with Crippen LogP contribution in [0.15, 0.2) is 30.9 Å². The zero-order valence-corrected chi connectivity index (χ0v) is 12.8. The second-order valence-electron chi connectivity index (χ2n) is 4.16. The van der Waals surface area contributed by atoms with E-state index in [1.807, 2.05) is 25.1 Å². The minimum atomic E-state index is -1.03. The largest absolute Gasteiger partial charge is 0.480 e. The predicted molar refractivity (Wildman–Crippen MR) is 82.2 cm³/mol. The number of hydrogen-bond acceptors (Lipinski definition) is 2. The quantitative estimate of drug-likeness (QED) is 0.595. The lowest BCUT2D eigenvalue weighted by atomic mass is 10.1. The molecule has 102 valence electrons. The molecular weight excluding hydrogens is 357 g/mol. The average Bonchev–Trinajstić information content (AvgIpc) is 2.33. The first-order chi connectivity index (χ1) is 8.97. The molecule has 0 aliphatic rings. The van der Waals surface area contributed by atoms with Crippen molar-refractivity contribution in [2.45, 2.75) is 25.8 Å². The number of carboxylic acid groups (broad SMARTS) is 1. The van der Waals surface area contributed by atoms with E-state index >= 15 is 0 Å². The summed E-state index contributed by atoms with van der Waals surface area (Å²) in [5.41, 5.74) is 1.37. The molecule has 0 aliphatic carbocycles. The Morgan fingerprint density at radius 3 is 2.74 bits per heavy atom. The van der Waals surface area contributed by atoms with E-state index in [4.69, 9.17) is 5.11 Å². The van der Waals surface area contributed by atoms with Gasteiger partial charge < -0.3 is 10.4 Å². The number of rotatable bonds is 6. The lowest BCUT2D eigenvalue weighted by molar-refractivity contribution is -0.139. The topological polar surface area (TPSA) is 66.4 Å². The SMILES string of the molecule is C=CCCC(NC(=O)c1c(C)cccc1I)C(=O)O. The van der Waals surface area contributed by atoms with Crippen LogP contribution in [0, 0.1) is 10.5 Å². The van der Waals surface area contributed by atoms with Crippen molar-refractivity contribution >= 4 is 34.5 Å². The second kappa shape index (κ2) is 7.28. The minimum absolute atomic E-state index is 0.340. The average molecular weight is 373 g/mol. The van der Waals surface area contributed by atoms with Gasteiger partial charge in [0.15, 0.2) is 0 Å². The summed E-state index contributed by atoms with van der Waals surface area (Å²) in [7, 11) is 0. The molecule has 4 nitrogen and oxygen atoms in total. The number of halogens is 1.